The van der Waals surface area contributed by atoms with Gasteiger partial charge in [0.2, 0.25) is 0 Å². The average molecular weight is 419 g/mol. The number of nitrogens with one attached hydrogen (secondary N) is 1. The first-order valence-electron chi connectivity index (χ1n) is 9.07. The van der Waals surface area contributed by atoms with Crippen molar-refractivity contribution in [1.82, 2.24) is 0 Å². The number of ether oxygens (including phenoxy) is 1. The van der Waals surface area contributed by atoms with Crippen molar-refractivity contribution in [2.45, 2.75) is 32.5 Å². The highest BCUT2D eigenvalue weighted by Gasteiger charge is 2.32. The van der Waals surface area contributed by atoms with Crippen molar-refractivity contribution in [3.63, 3.8) is 0 Å². The van der Waals surface area contributed by atoms with Crippen molar-refractivity contribution in [1.29, 1.82) is 5.26 Å². The summed E-state index contributed by atoms with van der Waals surface area (Å²) < 4.78 is 44.6. The van der Waals surface area contributed by atoms with Gasteiger partial charge in [0.1, 0.15) is 6.10 Å². The summed E-state index contributed by atoms with van der Waals surface area (Å²) in [6, 6.07) is 11.6. The minimum atomic E-state index is -4.58. The summed E-state index contributed by atoms with van der Waals surface area (Å²) >= 11 is 0. The van der Waals surface area contributed by atoms with Crippen LogP contribution in [0.3, 0.4) is 0 Å². The van der Waals surface area contributed by atoms with Gasteiger partial charge in [-0.2, -0.15) is 18.4 Å². The van der Waals surface area contributed by atoms with Gasteiger partial charge in [-0.15, -0.1) is 0 Å². The number of nitriles is 1. The average Bonchev–Trinajstić information content (AvgIpc) is 2.70. The lowest BCUT2D eigenvalue weighted by Crippen LogP contribution is -2.41. The van der Waals surface area contributed by atoms with E-state index in [0.29, 0.717) is 17.7 Å². The molecule has 0 aliphatic rings. The number of esters is 1. The number of alkyl halides is 3. The van der Waals surface area contributed by atoms with Crippen LogP contribution in [0.4, 0.5) is 29.3 Å². The van der Waals surface area contributed by atoms with Crippen molar-refractivity contribution in [3.8, 4) is 6.07 Å². The molecule has 0 aliphatic carbocycles. The molecule has 0 heterocycles. The quantitative estimate of drug-likeness (QED) is 0.671. The number of hydrogen-bond donors (Lipinski definition) is 1. The van der Waals surface area contributed by atoms with Crippen molar-refractivity contribution >= 4 is 23.4 Å². The van der Waals surface area contributed by atoms with Crippen molar-refractivity contribution in [2.75, 3.05) is 16.8 Å². The molecule has 1 atom stereocenters. The van der Waals surface area contributed by atoms with Gasteiger partial charge in [0.25, 0.3) is 0 Å². The Morgan fingerprint density at radius 2 is 1.87 bits per heavy atom. The van der Waals surface area contributed by atoms with Crippen LogP contribution in [-0.2, 0) is 15.7 Å². The van der Waals surface area contributed by atoms with E-state index in [2.05, 4.69) is 5.32 Å². The highest BCUT2D eigenvalue weighted by atomic mass is 19.4. The van der Waals surface area contributed by atoms with E-state index < -0.39 is 29.8 Å². The SMILES string of the molecule is CCC(CN(C(=O)Nc1ccc(C#N)cc1)c1cccc(C(F)(F)F)c1)OC(C)=O. The second-order valence-electron chi connectivity index (χ2n) is 6.42. The lowest BCUT2D eigenvalue weighted by Gasteiger charge is -2.27. The second-order valence-corrected chi connectivity index (χ2v) is 6.42. The van der Waals surface area contributed by atoms with E-state index in [4.69, 9.17) is 10.00 Å². The standard InChI is InChI=1S/C21H20F3N3O3/c1-3-19(30-14(2)28)13-27(18-6-4-5-16(11-18)21(22,23)24)20(29)26-17-9-7-15(12-25)8-10-17/h4-11,19H,3,13H2,1-2H3,(H,26,29). The number of urea groups is 1. The first kappa shape index (κ1) is 22.7. The molecule has 0 bridgehead atoms. The Balaban J connectivity index is 2.35. The summed E-state index contributed by atoms with van der Waals surface area (Å²) in [6.07, 6.45) is -4.92. The number of hydrogen-bond acceptors (Lipinski definition) is 4. The van der Waals surface area contributed by atoms with Gasteiger partial charge in [-0.05, 0) is 48.9 Å². The molecule has 9 heteroatoms. The topological polar surface area (TPSA) is 82.4 Å². The molecule has 2 rings (SSSR count). The van der Waals surface area contributed by atoms with Gasteiger partial charge in [0.05, 0.1) is 23.7 Å². The zero-order valence-corrected chi connectivity index (χ0v) is 16.4. The summed E-state index contributed by atoms with van der Waals surface area (Å²) in [5.74, 6) is -0.557. The first-order chi connectivity index (χ1) is 14.1. The first-order valence-corrected chi connectivity index (χ1v) is 9.07. The monoisotopic (exact) mass is 419 g/mol. The third-order valence-electron chi connectivity index (χ3n) is 4.17. The number of benzene rings is 2. The maximum Gasteiger partial charge on any atom is 0.416 e. The zero-order chi connectivity index (χ0) is 22.3. The molecule has 1 N–H and O–H groups in total. The summed E-state index contributed by atoms with van der Waals surface area (Å²) in [4.78, 5) is 25.3. The molecule has 0 saturated carbocycles. The fraction of sp³-hybridized carbons (Fsp3) is 0.286. The number of carbonyl (C=O) groups excluding carboxylic acids is 2. The van der Waals surface area contributed by atoms with Crippen molar-refractivity contribution < 1.29 is 27.5 Å². The van der Waals surface area contributed by atoms with Crippen LogP contribution in [0.15, 0.2) is 48.5 Å². The van der Waals surface area contributed by atoms with E-state index >= 15 is 0 Å². The van der Waals surface area contributed by atoms with Crippen LogP contribution in [0, 0.1) is 11.3 Å². The van der Waals surface area contributed by atoms with Crippen LogP contribution < -0.4 is 10.2 Å². The molecule has 2 aromatic rings. The molecule has 0 fully saturated rings. The largest absolute Gasteiger partial charge is 0.461 e. The van der Waals surface area contributed by atoms with Crippen LogP contribution in [-0.4, -0.2) is 24.6 Å². The van der Waals surface area contributed by atoms with Gasteiger partial charge in [-0.3, -0.25) is 9.69 Å². The van der Waals surface area contributed by atoms with Crippen molar-refractivity contribution in [3.05, 3.63) is 59.7 Å². The molecule has 6 nitrogen and oxygen atoms in total. The molecule has 0 aromatic heterocycles. The Hall–Kier alpha value is -3.54. The highest BCUT2D eigenvalue weighted by molar-refractivity contribution is 6.01. The third kappa shape index (κ3) is 6.24. The Morgan fingerprint density at radius 1 is 1.20 bits per heavy atom. The van der Waals surface area contributed by atoms with Gasteiger partial charge in [0, 0.05) is 18.3 Å². The number of carbonyl (C=O) groups is 2. The molecular formula is C21H20F3N3O3. The molecule has 2 aromatic carbocycles. The summed E-state index contributed by atoms with van der Waals surface area (Å²) in [6.45, 7) is 2.81. The molecule has 158 valence electrons. The molecule has 0 aliphatic heterocycles. The molecule has 30 heavy (non-hydrogen) atoms. The number of nitrogens with zero attached hydrogens (tertiary/aromatic N) is 2. The maximum atomic E-state index is 13.1. The van der Waals surface area contributed by atoms with Gasteiger partial charge in [-0.1, -0.05) is 13.0 Å². The molecule has 0 saturated heterocycles. The minimum Gasteiger partial charge on any atom is -0.461 e. The Bertz CT molecular complexity index is 937. The Kier molecular flexibility index (Phi) is 7.42. The van der Waals surface area contributed by atoms with Gasteiger partial charge in [0.15, 0.2) is 0 Å². The Morgan fingerprint density at radius 3 is 2.40 bits per heavy atom. The third-order valence-corrected chi connectivity index (χ3v) is 4.17. The fourth-order valence-corrected chi connectivity index (χ4v) is 2.66. The predicted molar refractivity (Wildman–Crippen MR) is 105 cm³/mol. The van der Waals surface area contributed by atoms with Crippen LogP contribution >= 0.6 is 0 Å². The van der Waals surface area contributed by atoms with Gasteiger partial charge < -0.3 is 10.1 Å². The van der Waals surface area contributed by atoms with Gasteiger partial charge in [-0.25, -0.2) is 4.79 Å². The van der Waals surface area contributed by atoms with Crippen LogP contribution in [0.5, 0.6) is 0 Å². The predicted octanol–water partition coefficient (Wildman–Crippen LogP) is 4.96. The molecular weight excluding hydrogens is 399 g/mol. The van der Waals surface area contributed by atoms with E-state index in [1.807, 2.05) is 6.07 Å². The van der Waals surface area contributed by atoms with Crippen LogP contribution in [0.2, 0.25) is 0 Å². The van der Waals surface area contributed by atoms with E-state index in [1.54, 1.807) is 6.92 Å². The fourth-order valence-electron chi connectivity index (χ4n) is 2.66. The van der Waals surface area contributed by atoms with Crippen LogP contribution in [0.25, 0.3) is 0 Å². The zero-order valence-electron chi connectivity index (χ0n) is 16.4. The normalized spacial score (nSPS) is 11.9. The number of anilines is 2. The van der Waals surface area contributed by atoms with Crippen molar-refractivity contribution in [2.24, 2.45) is 0 Å². The minimum absolute atomic E-state index is 0.00146. The van der Waals surface area contributed by atoms with Crippen LogP contribution in [0.1, 0.15) is 31.4 Å². The van der Waals surface area contributed by atoms with E-state index in [9.17, 15) is 22.8 Å². The van der Waals surface area contributed by atoms with Gasteiger partial charge >= 0.3 is 18.2 Å². The smallest absolute Gasteiger partial charge is 0.416 e. The summed E-state index contributed by atoms with van der Waals surface area (Å²) in [5.41, 5.74) is -0.154. The molecule has 2 amide bonds. The summed E-state index contributed by atoms with van der Waals surface area (Å²) in [7, 11) is 0. The van der Waals surface area contributed by atoms with E-state index in [0.717, 1.165) is 17.0 Å². The number of rotatable bonds is 6. The van der Waals surface area contributed by atoms with E-state index in [-0.39, 0.29) is 12.2 Å². The highest BCUT2D eigenvalue weighted by Crippen LogP contribution is 2.32. The van der Waals surface area contributed by atoms with E-state index in [1.165, 1.54) is 43.3 Å². The Labute approximate surface area is 171 Å². The number of halogens is 3. The molecule has 0 spiro atoms. The maximum absolute atomic E-state index is 13.1. The molecule has 0 radical (unpaired) electrons. The lowest BCUT2D eigenvalue weighted by molar-refractivity contribution is -0.146. The summed E-state index contributed by atoms with van der Waals surface area (Å²) in [5, 5.41) is 11.4. The lowest BCUT2D eigenvalue weighted by atomic mass is 10.1. The molecule has 1 unspecified atom stereocenters. The second kappa shape index (κ2) is 9.78. The number of amides is 2.